The van der Waals surface area contributed by atoms with E-state index < -0.39 is 0 Å². The minimum Gasteiger partial charge on any atom is -0.273 e. The molecule has 0 fully saturated rings. The van der Waals surface area contributed by atoms with Crippen molar-refractivity contribution >= 4 is 27.5 Å². The molecule has 1 rings (SSSR count). The smallest absolute Gasteiger partial charge is 0.241 e. The molecule has 3 nitrogen and oxygen atoms in total. The molecule has 0 unspecified atom stereocenters. The number of benzene rings is 1. The van der Waals surface area contributed by atoms with Crippen molar-refractivity contribution in [2.24, 2.45) is 5.84 Å². The normalized spacial score (nSPS) is 12.4. The van der Waals surface area contributed by atoms with E-state index in [0.717, 1.165) is 29.4 Å². The number of nitrogens with zero attached hydrogens (tertiary/aromatic N) is 1. The van der Waals surface area contributed by atoms with Crippen molar-refractivity contribution in [3.05, 3.63) is 52.5 Å². The SMILES string of the molecule is C/C=C\C(CCCCC(=O)N(N)c1ccccc1)=C(/C)Br. The number of halogens is 1. The lowest BCUT2D eigenvalue weighted by atomic mass is 10.1. The van der Waals surface area contributed by atoms with Gasteiger partial charge in [-0.05, 0) is 55.3 Å². The van der Waals surface area contributed by atoms with Gasteiger partial charge in [-0.3, -0.25) is 4.79 Å². The second-order valence-electron chi connectivity index (χ2n) is 4.87. The molecule has 0 radical (unpaired) electrons. The van der Waals surface area contributed by atoms with Crippen molar-refractivity contribution in [1.29, 1.82) is 0 Å². The van der Waals surface area contributed by atoms with Gasteiger partial charge in [0.25, 0.3) is 0 Å². The lowest BCUT2D eigenvalue weighted by Gasteiger charge is -2.16. The van der Waals surface area contributed by atoms with Gasteiger partial charge in [-0.1, -0.05) is 46.3 Å². The highest BCUT2D eigenvalue weighted by Gasteiger charge is 2.10. The topological polar surface area (TPSA) is 46.3 Å². The zero-order valence-electron chi connectivity index (χ0n) is 12.7. The van der Waals surface area contributed by atoms with Crippen LogP contribution >= 0.6 is 15.9 Å². The number of unbranched alkanes of at least 4 members (excludes halogenated alkanes) is 1. The zero-order chi connectivity index (χ0) is 15.7. The molecule has 0 aliphatic heterocycles. The Morgan fingerprint density at radius 1 is 1.24 bits per heavy atom. The lowest BCUT2D eigenvalue weighted by molar-refractivity contribution is -0.118. The molecule has 0 saturated carbocycles. The minimum absolute atomic E-state index is 0.0478. The fourth-order valence-corrected chi connectivity index (χ4v) is 2.35. The Labute approximate surface area is 135 Å². The number of rotatable bonds is 7. The van der Waals surface area contributed by atoms with E-state index in [-0.39, 0.29) is 5.91 Å². The van der Waals surface area contributed by atoms with Gasteiger partial charge in [-0.25, -0.2) is 10.9 Å². The highest BCUT2D eigenvalue weighted by atomic mass is 79.9. The lowest BCUT2D eigenvalue weighted by Crippen LogP contribution is -2.37. The van der Waals surface area contributed by atoms with Gasteiger partial charge in [0, 0.05) is 6.42 Å². The Morgan fingerprint density at radius 2 is 1.86 bits per heavy atom. The van der Waals surface area contributed by atoms with E-state index in [4.69, 9.17) is 5.84 Å². The van der Waals surface area contributed by atoms with Crippen LogP contribution in [0.1, 0.15) is 39.5 Å². The van der Waals surface area contributed by atoms with E-state index in [0.29, 0.717) is 6.42 Å². The number of carbonyl (C=O) groups excluding carboxylic acids is 1. The van der Waals surface area contributed by atoms with Crippen molar-refractivity contribution in [3.63, 3.8) is 0 Å². The molecule has 1 aromatic carbocycles. The monoisotopic (exact) mass is 350 g/mol. The number of hydrogen-bond donors (Lipinski definition) is 1. The number of carbonyl (C=O) groups is 1. The number of hydrogen-bond acceptors (Lipinski definition) is 2. The number of amides is 1. The molecule has 0 aliphatic rings. The summed E-state index contributed by atoms with van der Waals surface area (Å²) in [6.45, 7) is 4.04. The Bertz CT molecular complexity index is 505. The maximum absolute atomic E-state index is 12.0. The predicted molar refractivity (Wildman–Crippen MR) is 93.0 cm³/mol. The first-order valence-corrected chi connectivity index (χ1v) is 7.96. The number of allylic oxidation sites excluding steroid dienone is 4. The maximum atomic E-state index is 12.0. The van der Waals surface area contributed by atoms with Gasteiger partial charge in [-0.15, -0.1) is 0 Å². The molecule has 21 heavy (non-hydrogen) atoms. The van der Waals surface area contributed by atoms with Crippen LogP contribution in [0.2, 0.25) is 0 Å². The van der Waals surface area contributed by atoms with Crippen molar-refractivity contribution in [3.8, 4) is 0 Å². The molecule has 0 atom stereocenters. The van der Waals surface area contributed by atoms with E-state index in [2.05, 4.69) is 22.0 Å². The van der Waals surface area contributed by atoms with Gasteiger partial charge in [0.2, 0.25) is 5.91 Å². The Hall–Kier alpha value is -1.39. The average Bonchev–Trinajstić information content (AvgIpc) is 2.50. The fourth-order valence-electron chi connectivity index (χ4n) is 2.02. The number of nitrogens with two attached hydrogens (primary N) is 1. The van der Waals surface area contributed by atoms with Gasteiger partial charge in [-0.2, -0.15) is 0 Å². The number of anilines is 1. The summed E-state index contributed by atoms with van der Waals surface area (Å²) in [5, 5.41) is 1.23. The van der Waals surface area contributed by atoms with Gasteiger partial charge in [0.05, 0.1) is 5.69 Å². The summed E-state index contributed by atoms with van der Waals surface area (Å²) >= 11 is 3.51. The van der Waals surface area contributed by atoms with E-state index in [1.54, 1.807) is 0 Å². The third-order valence-electron chi connectivity index (χ3n) is 3.20. The summed E-state index contributed by atoms with van der Waals surface area (Å²) in [6, 6.07) is 9.31. The second kappa shape index (κ2) is 9.53. The second-order valence-corrected chi connectivity index (χ2v) is 6.05. The third kappa shape index (κ3) is 6.27. The number of para-hydroxylation sites is 1. The summed E-state index contributed by atoms with van der Waals surface area (Å²) < 4.78 is 1.15. The van der Waals surface area contributed by atoms with Gasteiger partial charge in [0.15, 0.2) is 0 Å². The average molecular weight is 351 g/mol. The summed E-state index contributed by atoms with van der Waals surface area (Å²) in [7, 11) is 0. The molecule has 0 aliphatic carbocycles. The molecule has 2 N–H and O–H groups in total. The van der Waals surface area contributed by atoms with Crippen LogP contribution in [-0.2, 0) is 4.79 Å². The molecule has 114 valence electrons. The standard InChI is InChI=1S/C17H23BrN2O/c1-3-9-15(14(2)18)10-7-8-13-17(21)20(19)16-11-5-4-6-12-16/h3-6,9,11-12H,7-8,10,13,19H2,1-2H3/b9-3-,15-14-. The third-order valence-corrected chi connectivity index (χ3v) is 3.71. The maximum Gasteiger partial charge on any atom is 0.241 e. The van der Waals surface area contributed by atoms with Crippen LogP contribution in [0, 0.1) is 0 Å². The summed E-state index contributed by atoms with van der Waals surface area (Å²) in [6.07, 6.45) is 7.37. The zero-order valence-corrected chi connectivity index (χ0v) is 14.3. The van der Waals surface area contributed by atoms with Crippen LogP contribution in [0.25, 0.3) is 0 Å². The first kappa shape index (κ1) is 17.7. The van der Waals surface area contributed by atoms with Crippen molar-refractivity contribution in [2.75, 3.05) is 5.01 Å². The highest BCUT2D eigenvalue weighted by molar-refractivity contribution is 9.11. The van der Waals surface area contributed by atoms with Gasteiger partial charge in [0.1, 0.15) is 0 Å². The molecule has 0 heterocycles. The van der Waals surface area contributed by atoms with Crippen LogP contribution in [0.3, 0.4) is 0 Å². The van der Waals surface area contributed by atoms with E-state index in [9.17, 15) is 4.79 Å². The van der Waals surface area contributed by atoms with E-state index in [1.165, 1.54) is 10.6 Å². The molecular weight excluding hydrogens is 328 g/mol. The molecule has 0 aromatic heterocycles. The minimum atomic E-state index is -0.0478. The van der Waals surface area contributed by atoms with Crippen LogP contribution in [-0.4, -0.2) is 5.91 Å². The highest BCUT2D eigenvalue weighted by Crippen LogP contribution is 2.19. The number of hydrazine groups is 1. The molecule has 1 amide bonds. The summed E-state index contributed by atoms with van der Waals surface area (Å²) in [5.41, 5.74) is 2.01. The molecular formula is C17H23BrN2O. The summed E-state index contributed by atoms with van der Waals surface area (Å²) in [4.78, 5) is 12.0. The Balaban J connectivity index is 2.39. The van der Waals surface area contributed by atoms with Gasteiger partial charge < -0.3 is 0 Å². The summed E-state index contributed by atoms with van der Waals surface area (Å²) in [5.74, 6) is 5.78. The molecule has 0 saturated heterocycles. The quantitative estimate of drug-likeness (QED) is 0.254. The fraction of sp³-hybridized carbons (Fsp3) is 0.353. The first-order chi connectivity index (χ1) is 10.1. The van der Waals surface area contributed by atoms with Gasteiger partial charge >= 0.3 is 0 Å². The van der Waals surface area contributed by atoms with Crippen LogP contribution < -0.4 is 10.9 Å². The molecule has 0 spiro atoms. The van der Waals surface area contributed by atoms with Crippen molar-refractivity contribution < 1.29 is 4.79 Å². The van der Waals surface area contributed by atoms with Crippen molar-refractivity contribution in [1.82, 2.24) is 0 Å². The first-order valence-electron chi connectivity index (χ1n) is 7.17. The van der Waals surface area contributed by atoms with Crippen molar-refractivity contribution in [2.45, 2.75) is 39.5 Å². The predicted octanol–water partition coefficient (Wildman–Crippen LogP) is 4.70. The van der Waals surface area contributed by atoms with E-state index >= 15 is 0 Å². The van der Waals surface area contributed by atoms with Crippen LogP contribution in [0.4, 0.5) is 5.69 Å². The molecule has 1 aromatic rings. The largest absolute Gasteiger partial charge is 0.273 e. The van der Waals surface area contributed by atoms with Crippen LogP contribution in [0.5, 0.6) is 0 Å². The molecule has 0 bridgehead atoms. The Morgan fingerprint density at radius 3 is 2.43 bits per heavy atom. The molecule has 4 heteroatoms. The van der Waals surface area contributed by atoms with Crippen LogP contribution in [0.15, 0.2) is 52.5 Å². The Kier molecular flexibility index (Phi) is 8.01. The van der Waals surface area contributed by atoms with E-state index in [1.807, 2.05) is 50.3 Å².